The molecule has 2 heterocycles. The van der Waals surface area contributed by atoms with E-state index in [1.54, 1.807) is 4.57 Å². The fourth-order valence-corrected chi connectivity index (χ4v) is 6.02. The highest BCUT2D eigenvalue weighted by atomic mass is 31.2. The Bertz CT molecular complexity index is 1060. The molecule has 0 saturated heterocycles. The Morgan fingerprint density at radius 3 is 1.98 bits per heavy atom. The molecule has 0 aliphatic rings. The lowest BCUT2D eigenvalue weighted by molar-refractivity contribution is 0.00122. The maximum absolute atomic E-state index is 12.5. The molecule has 5 N–H and O–H groups in total. The van der Waals surface area contributed by atoms with E-state index in [0.29, 0.717) is 17.8 Å². The van der Waals surface area contributed by atoms with Crippen LogP contribution in [0.15, 0.2) is 6.33 Å². The van der Waals surface area contributed by atoms with E-state index in [9.17, 15) is 9.46 Å². The zero-order chi connectivity index (χ0) is 31.9. The number of nitrogens with two attached hydrogens (primary N) is 2. The Morgan fingerprint density at radius 1 is 0.841 bits per heavy atom. The van der Waals surface area contributed by atoms with Gasteiger partial charge in [0.05, 0.1) is 38.8 Å². The summed E-state index contributed by atoms with van der Waals surface area (Å²) in [6, 6.07) is 0. The summed E-state index contributed by atoms with van der Waals surface area (Å²) in [4.78, 5) is 22.5. The van der Waals surface area contributed by atoms with Gasteiger partial charge in [-0.2, -0.15) is 9.97 Å². The molecule has 0 fully saturated rings. The lowest BCUT2D eigenvalue weighted by Crippen LogP contribution is -2.26. The van der Waals surface area contributed by atoms with Crippen molar-refractivity contribution in [2.24, 2.45) is 0 Å². The normalized spacial score (nSPS) is 13.9. The topological polar surface area (TPSA) is 170 Å². The second kappa shape index (κ2) is 23.5. The van der Waals surface area contributed by atoms with E-state index in [1.807, 2.05) is 0 Å². The van der Waals surface area contributed by atoms with Gasteiger partial charge in [-0.15, -0.1) is 0 Å². The van der Waals surface area contributed by atoms with Crippen molar-refractivity contribution in [2.45, 2.75) is 129 Å². The minimum atomic E-state index is -3.97. The second-order valence-corrected chi connectivity index (χ2v) is 13.4. The molecule has 0 bridgehead atoms. The van der Waals surface area contributed by atoms with E-state index in [1.165, 1.54) is 110 Å². The highest BCUT2D eigenvalue weighted by Crippen LogP contribution is 2.42. The summed E-state index contributed by atoms with van der Waals surface area (Å²) in [5, 5.41) is 0. The quantitative estimate of drug-likeness (QED) is 0.0626. The summed E-state index contributed by atoms with van der Waals surface area (Å²) in [6.07, 6.45) is 23.2. The number of imidazole rings is 1. The molecular weight excluding hydrogens is 583 g/mol. The van der Waals surface area contributed by atoms with Crippen LogP contribution < -0.4 is 11.5 Å². The van der Waals surface area contributed by atoms with Crippen LogP contribution in [0.3, 0.4) is 0 Å². The van der Waals surface area contributed by atoms with Crippen LogP contribution in [-0.2, 0) is 29.8 Å². The molecule has 0 aliphatic carbocycles. The molecule has 44 heavy (non-hydrogen) atoms. The Labute approximate surface area is 264 Å². The lowest BCUT2D eigenvalue weighted by atomic mass is 10.0. The average molecular weight is 643 g/mol. The van der Waals surface area contributed by atoms with Crippen molar-refractivity contribution < 1.29 is 28.2 Å². The third-order valence-electron chi connectivity index (χ3n) is 7.65. The molecule has 0 aromatic carbocycles. The number of hydrogen-bond donors (Lipinski definition) is 3. The first kappa shape index (κ1) is 38.4. The minimum absolute atomic E-state index is 0.0205. The fourth-order valence-electron chi connectivity index (χ4n) is 5.18. The van der Waals surface area contributed by atoms with Crippen molar-refractivity contribution in [3.8, 4) is 0 Å². The second-order valence-electron chi connectivity index (χ2n) is 11.6. The zero-order valence-corrected chi connectivity index (χ0v) is 28.2. The molecule has 2 aromatic rings. The number of methoxy groups -OCH3 is 1. The monoisotopic (exact) mass is 642 g/mol. The highest BCUT2D eigenvalue weighted by Gasteiger charge is 2.23. The Balaban J connectivity index is 1.44. The third kappa shape index (κ3) is 17.0. The van der Waals surface area contributed by atoms with Crippen LogP contribution in [0.1, 0.15) is 116 Å². The standard InChI is InChI=1S/C31H59N6O6P/c1-3-4-5-6-7-8-9-10-11-12-13-14-15-16-17-18-19-20-41-21-22-43-44(38,39)26-42-27(24-40-2)23-37-25-34-28-29(32)35-31(33)36-30(28)37/h25,27H,3-24,26H2,1-2H3,(H,38,39)(H4,32,33,35,36)/t27-/m0/s1. The van der Waals surface area contributed by atoms with Gasteiger partial charge in [-0.3, -0.25) is 4.57 Å². The van der Waals surface area contributed by atoms with E-state index in [0.717, 1.165) is 12.8 Å². The summed E-state index contributed by atoms with van der Waals surface area (Å²) in [5.41, 5.74) is 12.4. The number of rotatable bonds is 29. The molecular formula is C31H59N6O6P. The van der Waals surface area contributed by atoms with Crippen LogP contribution in [0.5, 0.6) is 0 Å². The predicted octanol–water partition coefficient (Wildman–Crippen LogP) is 6.85. The van der Waals surface area contributed by atoms with E-state index >= 15 is 0 Å². The molecule has 2 rings (SSSR count). The van der Waals surface area contributed by atoms with Crippen molar-refractivity contribution in [3.63, 3.8) is 0 Å². The number of ether oxygens (including phenoxy) is 3. The number of fused-ring (bicyclic) bond motifs is 1. The first-order chi connectivity index (χ1) is 21.4. The number of unbranched alkanes of at least 4 members (excludes halogenated alkanes) is 16. The van der Waals surface area contributed by atoms with E-state index in [2.05, 4.69) is 21.9 Å². The number of nitrogens with zero attached hydrogens (tertiary/aromatic N) is 4. The van der Waals surface area contributed by atoms with Crippen LogP contribution in [0.2, 0.25) is 0 Å². The zero-order valence-electron chi connectivity index (χ0n) is 27.3. The molecule has 2 atom stereocenters. The smallest absolute Gasteiger partial charge is 0.353 e. The van der Waals surface area contributed by atoms with Crippen molar-refractivity contribution in [1.29, 1.82) is 0 Å². The molecule has 0 amide bonds. The Morgan fingerprint density at radius 2 is 1.41 bits per heavy atom. The van der Waals surface area contributed by atoms with Gasteiger partial charge in [0.25, 0.3) is 0 Å². The van der Waals surface area contributed by atoms with Gasteiger partial charge < -0.3 is 39.7 Å². The summed E-state index contributed by atoms with van der Waals surface area (Å²) in [7, 11) is -2.45. The van der Waals surface area contributed by atoms with E-state index in [-0.39, 0.29) is 38.1 Å². The van der Waals surface area contributed by atoms with Crippen molar-refractivity contribution in [3.05, 3.63) is 6.33 Å². The number of anilines is 2. The van der Waals surface area contributed by atoms with Crippen LogP contribution in [0.25, 0.3) is 11.2 Å². The maximum Gasteiger partial charge on any atom is 0.353 e. The summed E-state index contributed by atoms with van der Waals surface area (Å²) in [6.45, 7) is 3.61. The molecule has 12 nitrogen and oxygen atoms in total. The van der Waals surface area contributed by atoms with Gasteiger partial charge in [-0.1, -0.05) is 110 Å². The van der Waals surface area contributed by atoms with Crippen LogP contribution in [0.4, 0.5) is 11.8 Å². The van der Waals surface area contributed by atoms with Crippen LogP contribution >= 0.6 is 7.60 Å². The highest BCUT2D eigenvalue weighted by molar-refractivity contribution is 7.52. The summed E-state index contributed by atoms with van der Waals surface area (Å²) >= 11 is 0. The first-order valence-electron chi connectivity index (χ1n) is 16.7. The first-order valence-corrected chi connectivity index (χ1v) is 18.5. The molecule has 13 heteroatoms. The number of hydrogen-bond acceptors (Lipinski definition) is 10. The summed E-state index contributed by atoms with van der Waals surface area (Å²) in [5.74, 6) is 0.206. The average Bonchev–Trinajstić information content (AvgIpc) is 3.39. The van der Waals surface area contributed by atoms with Gasteiger partial charge in [0.2, 0.25) is 5.95 Å². The van der Waals surface area contributed by atoms with Gasteiger partial charge in [-0.25, -0.2) is 4.98 Å². The molecule has 0 spiro atoms. The Kier molecular flexibility index (Phi) is 20.5. The molecule has 254 valence electrons. The molecule has 2 aromatic heterocycles. The SMILES string of the molecule is CCCCCCCCCCCCCCCCCCCOCCOP(=O)(O)CO[C@H](COC)Cn1cnc2c(N)nc(N)nc21. The lowest BCUT2D eigenvalue weighted by Gasteiger charge is -2.20. The maximum atomic E-state index is 12.5. The van der Waals surface area contributed by atoms with Crippen molar-refractivity contribution in [1.82, 2.24) is 19.5 Å². The molecule has 1 unspecified atom stereocenters. The van der Waals surface area contributed by atoms with Gasteiger partial charge in [0.1, 0.15) is 11.9 Å². The molecule has 0 radical (unpaired) electrons. The van der Waals surface area contributed by atoms with Gasteiger partial charge in [-0.05, 0) is 6.42 Å². The van der Waals surface area contributed by atoms with Crippen LogP contribution in [-0.4, -0.2) is 70.4 Å². The predicted molar refractivity (Wildman–Crippen MR) is 177 cm³/mol. The fraction of sp³-hybridized carbons (Fsp3) is 0.839. The van der Waals surface area contributed by atoms with Gasteiger partial charge >= 0.3 is 7.60 Å². The van der Waals surface area contributed by atoms with E-state index < -0.39 is 20.0 Å². The van der Waals surface area contributed by atoms with Crippen molar-refractivity contribution in [2.75, 3.05) is 51.4 Å². The van der Waals surface area contributed by atoms with Gasteiger partial charge in [0, 0.05) is 13.7 Å². The Hall–Kier alpha value is -1.82. The molecule has 0 aliphatic heterocycles. The third-order valence-corrected chi connectivity index (χ3v) is 8.71. The number of nitrogen functional groups attached to an aromatic ring is 2. The minimum Gasteiger partial charge on any atom is -0.382 e. The van der Waals surface area contributed by atoms with E-state index in [4.69, 9.17) is 30.2 Å². The summed E-state index contributed by atoms with van der Waals surface area (Å²) < 4.78 is 35.8. The van der Waals surface area contributed by atoms with Gasteiger partial charge in [0.15, 0.2) is 11.5 Å². The molecule has 0 saturated carbocycles. The van der Waals surface area contributed by atoms with Crippen molar-refractivity contribution >= 4 is 30.5 Å². The largest absolute Gasteiger partial charge is 0.382 e. The van der Waals surface area contributed by atoms with Crippen LogP contribution in [0, 0.1) is 0 Å². The number of aromatic nitrogens is 4.